The Bertz CT molecular complexity index is 1030. The summed E-state index contributed by atoms with van der Waals surface area (Å²) in [6, 6.07) is 9.38. The fourth-order valence-electron chi connectivity index (χ4n) is 2.81. The molecule has 2 aromatic carbocycles. The lowest BCUT2D eigenvalue weighted by Gasteiger charge is -2.15. The smallest absolute Gasteiger partial charge is 0.322 e. The number of hydrogen-bond donors (Lipinski definition) is 1. The summed E-state index contributed by atoms with van der Waals surface area (Å²) in [4.78, 5) is 24.3. The summed E-state index contributed by atoms with van der Waals surface area (Å²) in [6.07, 6.45) is -4.53. The average molecular weight is 412 g/mol. The van der Waals surface area contributed by atoms with Crippen LogP contribution in [0.25, 0.3) is 0 Å². The summed E-state index contributed by atoms with van der Waals surface area (Å²) in [5, 5.41) is 2.35. The van der Waals surface area contributed by atoms with Gasteiger partial charge in [0.25, 0.3) is 5.91 Å². The lowest BCUT2D eigenvalue weighted by molar-refractivity contribution is -0.137. The van der Waals surface area contributed by atoms with Gasteiger partial charge in [0.1, 0.15) is 0 Å². The molecular weight excluding hydrogens is 397 g/mol. The summed E-state index contributed by atoms with van der Waals surface area (Å²) in [6.45, 7) is 1.51. The van der Waals surface area contributed by atoms with Gasteiger partial charge in [-0.15, -0.1) is 0 Å². The molecule has 0 radical (unpaired) electrons. The molecule has 148 valence electrons. The minimum atomic E-state index is -4.53. The highest BCUT2D eigenvalue weighted by Crippen LogP contribution is 2.31. The second-order valence-electron chi connectivity index (χ2n) is 6.36. The van der Waals surface area contributed by atoms with Gasteiger partial charge in [-0.2, -0.15) is 13.2 Å². The van der Waals surface area contributed by atoms with E-state index in [1.54, 1.807) is 0 Å². The predicted octanol–water partition coefficient (Wildman–Crippen LogP) is 3.27. The minimum Gasteiger partial charge on any atom is -0.322 e. The van der Waals surface area contributed by atoms with Crippen molar-refractivity contribution in [1.82, 2.24) is 0 Å². The molecule has 0 aromatic heterocycles. The molecule has 0 bridgehead atoms. The lowest BCUT2D eigenvalue weighted by atomic mass is 10.1. The number of carbonyl (C=O) groups is 2. The Labute approximate surface area is 159 Å². The Morgan fingerprint density at radius 1 is 1.14 bits per heavy atom. The highest BCUT2D eigenvalue weighted by molar-refractivity contribution is 7.94. The quantitative estimate of drug-likeness (QED) is 0.839. The number of benzene rings is 2. The van der Waals surface area contributed by atoms with Crippen molar-refractivity contribution in [3.63, 3.8) is 0 Å². The Kier molecular flexibility index (Phi) is 4.92. The van der Waals surface area contributed by atoms with Crippen molar-refractivity contribution in [1.29, 1.82) is 0 Å². The fourth-order valence-corrected chi connectivity index (χ4v) is 4.63. The molecule has 1 N–H and O–H groups in total. The summed E-state index contributed by atoms with van der Waals surface area (Å²) in [5.41, 5.74) is -0.731. The van der Waals surface area contributed by atoms with Gasteiger partial charge in [-0.25, -0.2) is 12.7 Å². The molecule has 0 aliphatic carbocycles. The zero-order chi connectivity index (χ0) is 20.7. The zero-order valence-corrected chi connectivity index (χ0v) is 15.3. The number of sulfonamides is 1. The van der Waals surface area contributed by atoms with E-state index < -0.39 is 39.5 Å². The Morgan fingerprint density at radius 2 is 1.79 bits per heavy atom. The summed E-state index contributed by atoms with van der Waals surface area (Å²) in [7, 11) is -3.76. The molecule has 1 heterocycles. The monoisotopic (exact) mass is 412 g/mol. The first kappa shape index (κ1) is 19.9. The number of nitrogens with zero attached hydrogens (tertiary/aromatic N) is 1. The van der Waals surface area contributed by atoms with E-state index >= 15 is 0 Å². The Balaban J connectivity index is 1.79. The first-order chi connectivity index (χ1) is 13.0. The Hall–Kier alpha value is -2.88. The second kappa shape index (κ2) is 6.93. The molecule has 1 atom stereocenters. The summed E-state index contributed by atoms with van der Waals surface area (Å²) in [5.74, 6) is -2.17. The molecular formula is C18H15F3N2O4S. The molecule has 1 fully saturated rings. The molecule has 6 nitrogen and oxygen atoms in total. The van der Waals surface area contributed by atoms with Crippen LogP contribution in [0.2, 0.25) is 0 Å². The summed E-state index contributed by atoms with van der Waals surface area (Å²) >= 11 is 0. The largest absolute Gasteiger partial charge is 0.416 e. The molecule has 1 saturated heterocycles. The van der Waals surface area contributed by atoms with Crippen LogP contribution in [0.3, 0.4) is 0 Å². The van der Waals surface area contributed by atoms with Gasteiger partial charge in [-0.1, -0.05) is 13.0 Å². The van der Waals surface area contributed by atoms with Crippen LogP contribution < -0.4 is 9.62 Å². The third kappa shape index (κ3) is 3.86. The maximum Gasteiger partial charge on any atom is 0.416 e. The van der Waals surface area contributed by atoms with Crippen molar-refractivity contribution < 1.29 is 31.2 Å². The number of rotatable bonds is 3. The second-order valence-corrected chi connectivity index (χ2v) is 8.22. The van der Waals surface area contributed by atoms with Crippen molar-refractivity contribution in [2.45, 2.75) is 13.1 Å². The SMILES string of the molecule is CC1CS(=O)(=O)N(c2ccc(C(=O)Nc3cccc(C(F)(F)F)c3)cc2)C1=O. The standard InChI is InChI=1S/C18H15F3N2O4S/c1-11-10-28(26,27)23(17(11)25)15-7-5-12(6-8-15)16(24)22-14-4-2-3-13(9-14)18(19,20)21/h2-9,11H,10H2,1H3,(H,22,24). The van der Waals surface area contributed by atoms with Gasteiger partial charge >= 0.3 is 6.18 Å². The van der Waals surface area contributed by atoms with Gasteiger partial charge in [-0.3, -0.25) is 9.59 Å². The molecule has 1 unspecified atom stereocenters. The number of amides is 2. The van der Waals surface area contributed by atoms with Crippen LogP contribution in [0.4, 0.5) is 24.5 Å². The van der Waals surface area contributed by atoms with Gasteiger partial charge in [-0.05, 0) is 42.5 Å². The number of anilines is 2. The minimum absolute atomic E-state index is 0.0324. The highest BCUT2D eigenvalue weighted by Gasteiger charge is 2.41. The molecule has 1 aliphatic rings. The predicted molar refractivity (Wildman–Crippen MR) is 96.3 cm³/mol. The van der Waals surface area contributed by atoms with Gasteiger partial charge in [0.15, 0.2) is 0 Å². The molecule has 1 aliphatic heterocycles. The molecule has 2 amide bonds. The molecule has 2 aromatic rings. The van der Waals surface area contributed by atoms with Crippen molar-refractivity contribution in [2.75, 3.05) is 15.4 Å². The lowest BCUT2D eigenvalue weighted by Crippen LogP contribution is -2.30. The van der Waals surface area contributed by atoms with E-state index in [0.717, 1.165) is 12.1 Å². The van der Waals surface area contributed by atoms with Gasteiger partial charge in [0.2, 0.25) is 15.9 Å². The van der Waals surface area contributed by atoms with Crippen molar-refractivity contribution in [3.05, 3.63) is 59.7 Å². The highest BCUT2D eigenvalue weighted by atomic mass is 32.2. The van der Waals surface area contributed by atoms with E-state index in [0.29, 0.717) is 4.31 Å². The maximum atomic E-state index is 12.7. The third-order valence-electron chi connectivity index (χ3n) is 4.17. The van der Waals surface area contributed by atoms with Crippen LogP contribution in [0.5, 0.6) is 0 Å². The van der Waals surface area contributed by atoms with E-state index in [-0.39, 0.29) is 22.7 Å². The van der Waals surface area contributed by atoms with Crippen LogP contribution in [0.15, 0.2) is 48.5 Å². The van der Waals surface area contributed by atoms with Crippen LogP contribution in [-0.2, 0) is 21.0 Å². The van der Waals surface area contributed by atoms with E-state index in [2.05, 4.69) is 5.32 Å². The van der Waals surface area contributed by atoms with Crippen molar-refractivity contribution in [2.24, 2.45) is 5.92 Å². The number of hydrogen-bond acceptors (Lipinski definition) is 4. The normalized spacial score (nSPS) is 18.9. The van der Waals surface area contributed by atoms with E-state index in [4.69, 9.17) is 0 Å². The maximum absolute atomic E-state index is 12.7. The average Bonchev–Trinajstić information content (AvgIpc) is 2.81. The van der Waals surface area contributed by atoms with Crippen LogP contribution >= 0.6 is 0 Å². The first-order valence-corrected chi connectivity index (χ1v) is 9.75. The molecule has 0 saturated carbocycles. The van der Waals surface area contributed by atoms with Gasteiger partial charge < -0.3 is 5.32 Å². The molecule has 0 spiro atoms. The van der Waals surface area contributed by atoms with E-state index in [9.17, 15) is 31.2 Å². The van der Waals surface area contributed by atoms with Crippen LogP contribution in [0, 0.1) is 5.92 Å². The first-order valence-electron chi connectivity index (χ1n) is 8.14. The number of nitrogens with one attached hydrogen (secondary N) is 1. The molecule has 10 heteroatoms. The van der Waals surface area contributed by atoms with E-state index in [1.807, 2.05) is 0 Å². The van der Waals surface area contributed by atoms with Crippen molar-refractivity contribution >= 4 is 33.2 Å². The molecule has 28 heavy (non-hydrogen) atoms. The third-order valence-corrected chi connectivity index (χ3v) is 6.04. The fraction of sp³-hybridized carbons (Fsp3) is 0.222. The van der Waals surface area contributed by atoms with Crippen molar-refractivity contribution in [3.8, 4) is 0 Å². The number of alkyl halides is 3. The number of halogens is 3. The van der Waals surface area contributed by atoms with Gasteiger partial charge in [0.05, 0.1) is 22.9 Å². The van der Waals surface area contributed by atoms with Gasteiger partial charge in [0, 0.05) is 11.3 Å². The molecule has 3 rings (SSSR count). The Morgan fingerprint density at radius 3 is 2.32 bits per heavy atom. The number of carbonyl (C=O) groups excluding carboxylic acids is 2. The van der Waals surface area contributed by atoms with E-state index in [1.165, 1.54) is 43.3 Å². The van der Waals surface area contributed by atoms with Crippen LogP contribution in [-0.4, -0.2) is 26.0 Å². The summed E-state index contributed by atoms with van der Waals surface area (Å²) < 4.78 is 63.1. The van der Waals surface area contributed by atoms with Crippen LogP contribution in [0.1, 0.15) is 22.8 Å². The zero-order valence-electron chi connectivity index (χ0n) is 14.5. The topological polar surface area (TPSA) is 83.6 Å².